The van der Waals surface area contributed by atoms with E-state index in [0.29, 0.717) is 24.3 Å². The summed E-state index contributed by atoms with van der Waals surface area (Å²) < 4.78 is 5.36. The zero-order valence-corrected chi connectivity index (χ0v) is 8.50. The smallest absolute Gasteiger partial charge is 0.270 e. The summed E-state index contributed by atoms with van der Waals surface area (Å²) in [6.07, 6.45) is -0.402. The topological polar surface area (TPSA) is 98.6 Å². The Kier molecular flexibility index (Phi) is 2.76. The number of aliphatic hydroxyl groups is 1. The zero-order chi connectivity index (χ0) is 11.7. The van der Waals surface area contributed by atoms with Gasteiger partial charge in [0.1, 0.15) is 5.75 Å². The molecule has 16 heavy (non-hydrogen) atoms. The molecular formula is C10H12N2O4. The molecule has 2 rings (SSSR count). The Morgan fingerprint density at radius 1 is 1.56 bits per heavy atom. The molecule has 0 amide bonds. The second-order valence-corrected chi connectivity index (χ2v) is 3.73. The van der Waals surface area contributed by atoms with Crippen molar-refractivity contribution in [3.8, 4) is 5.75 Å². The largest absolute Gasteiger partial charge is 0.493 e. The van der Waals surface area contributed by atoms with Crippen molar-refractivity contribution < 1.29 is 14.8 Å². The molecule has 0 saturated carbocycles. The van der Waals surface area contributed by atoms with Crippen molar-refractivity contribution in [3.63, 3.8) is 0 Å². The van der Waals surface area contributed by atoms with E-state index >= 15 is 0 Å². The maximum absolute atomic E-state index is 10.6. The van der Waals surface area contributed by atoms with E-state index in [1.807, 2.05) is 0 Å². The van der Waals surface area contributed by atoms with Gasteiger partial charge in [0.05, 0.1) is 17.6 Å². The first-order chi connectivity index (χ1) is 7.59. The molecule has 1 aliphatic rings. The number of benzene rings is 1. The van der Waals surface area contributed by atoms with E-state index in [1.54, 1.807) is 0 Å². The van der Waals surface area contributed by atoms with Crippen molar-refractivity contribution in [2.24, 2.45) is 5.73 Å². The van der Waals surface area contributed by atoms with Crippen LogP contribution in [0, 0.1) is 10.1 Å². The SMILES string of the molecule is NC1CCOc2ccc([N+](=O)[O-])cc2C1O. The average molecular weight is 224 g/mol. The molecule has 0 spiro atoms. The highest BCUT2D eigenvalue weighted by molar-refractivity contribution is 5.45. The second-order valence-electron chi connectivity index (χ2n) is 3.73. The van der Waals surface area contributed by atoms with Gasteiger partial charge < -0.3 is 15.6 Å². The molecule has 0 radical (unpaired) electrons. The molecule has 1 aromatic rings. The first-order valence-electron chi connectivity index (χ1n) is 4.94. The van der Waals surface area contributed by atoms with Gasteiger partial charge >= 0.3 is 0 Å². The number of non-ortho nitro benzene ring substituents is 1. The summed E-state index contributed by atoms with van der Waals surface area (Å²) >= 11 is 0. The summed E-state index contributed by atoms with van der Waals surface area (Å²) in [5, 5.41) is 20.5. The van der Waals surface area contributed by atoms with E-state index in [0.717, 1.165) is 0 Å². The van der Waals surface area contributed by atoms with E-state index in [1.165, 1.54) is 18.2 Å². The number of fused-ring (bicyclic) bond motifs is 1. The predicted molar refractivity (Wildman–Crippen MR) is 56.1 cm³/mol. The summed E-state index contributed by atoms with van der Waals surface area (Å²) in [5.74, 6) is 0.464. The number of hydrogen-bond acceptors (Lipinski definition) is 5. The summed E-state index contributed by atoms with van der Waals surface area (Å²) in [5.41, 5.74) is 6.03. The molecule has 2 atom stereocenters. The van der Waals surface area contributed by atoms with Gasteiger partial charge in [-0.05, 0) is 12.5 Å². The fourth-order valence-electron chi connectivity index (χ4n) is 1.71. The number of nitrogens with two attached hydrogens (primary N) is 1. The number of hydrogen-bond donors (Lipinski definition) is 2. The van der Waals surface area contributed by atoms with Crippen LogP contribution in [0.5, 0.6) is 5.75 Å². The van der Waals surface area contributed by atoms with Gasteiger partial charge in [-0.1, -0.05) is 0 Å². The first kappa shape index (κ1) is 10.8. The minimum absolute atomic E-state index is 0.0736. The van der Waals surface area contributed by atoms with Crippen LogP contribution in [0.15, 0.2) is 18.2 Å². The number of ether oxygens (including phenoxy) is 1. The normalized spacial score (nSPS) is 24.1. The maximum Gasteiger partial charge on any atom is 0.270 e. The Balaban J connectivity index is 2.46. The minimum Gasteiger partial charge on any atom is -0.493 e. The van der Waals surface area contributed by atoms with Crippen LogP contribution in [0.4, 0.5) is 5.69 Å². The van der Waals surface area contributed by atoms with Gasteiger partial charge in [0.2, 0.25) is 0 Å². The van der Waals surface area contributed by atoms with Gasteiger partial charge in [-0.3, -0.25) is 10.1 Å². The van der Waals surface area contributed by atoms with E-state index in [9.17, 15) is 15.2 Å². The van der Waals surface area contributed by atoms with Crippen LogP contribution in [-0.4, -0.2) is 22.7 Å². The fraction of sp³-hybridized carbons (Fsp3) is 0.400. The molecule has 2 unspecified atom stereocenters. The summed E-state index contributed by atoms with van der Waals surface area (Å²) in [6, 6.07) is 3.70. The Bertz CT molecular complexity index is 421. The van der Waals surface area contributed by atoms with E-state index < -0.39 is 17.1 Å². The third-order valence-corrected chi connectivity index (χ3v) is 2.64. The predicted octanol–water partition coefficient (Wildman–Crippen LogP) is 0.738. The van der Waals surface area contributed by atoms with E-state index in [4.69, 9.17) is 10.5 Å². The Labute approximate surface area is 91.8 Å². The number of aliphatic hydroxyl groups excluding tert-OH is 1. The van der Waals surface area contributed by atoms with Crippen LogP contribution in [0.3, 0.4) is 0 Å². The molecule has 3 N–H and O–H groups in total. The molecule has 1 aliphatic heterocycles. The summed E-state index contributed by atoms with van der Waals surface area (Å²) in [4.78, 5) is 10.1. The van der Waals surface area contributed by atoms with Crippen molar-refractivity contribution in [1.29, 1.82) is 0 Å². The monoisotopic (exact) mass is 224 g/mol. The maximum atomic E-state index is 10.6. The van der Waals surface area contributed by atoms with Gasteiger partial charge in [0.25, 0.3) is 5.69 Å². The number of nitrogens with zero attached hydrogens (tertiary/aromatic N) is 1. The lowest BCUT2D eigenvalue weighted by Crippen LogP contribution is -2.28. The van der Waals surface area contributed by atoms with Crippen LogP contribution in [0.25, 0.3) is 0 Å². The van der Waals surface area contributed by atoms with Crippen molar-refractivity contribution >= 4 is 5.69 Å². The minimum atomic E-state index is -0.919. The first-order valence-corrected chi connectivity index (χ1v) is 4.94. The van der Waals surface area contributed by atoms with E-state index in [-0.39, 0.29) is 5.69 Å². The van der Waals surface area contributed by atoms with Crippen molar-refractivity contribution in [3.05, 3.63) is 33.9 Å². The van der Waals surface area contributed by atoms with E-state index in [2.05, 4.69) is 0 Å². The molecule has 1 heterocycles. The zero-order valence-electron chi connectivity index (χ0n) is 8.50. The highest BCUT2D eigenvalue weighted by Gasteiger charge is 2.26. The molecule has 0 aliphatic carbocycles. The Morgan fingerprint density at radius 3 is 3.00 bits per heavy atom. The number of nitro groups is 1. The van der Waals surface area contributed by atoms with Crippen molar-refractivity contribution in [1.82, 2.24) is 0 Å². The molecule has 0 saturated heterocycles. The third kappa shape index (κ3) is 1.84. The van der Waals surface area contributed by atoms with Crippen LogP contribution >= 0.6 is 0 Å². The molecule has 6 nitrogen and oxygen atoms in total. The quantitative estimate of drug-likeness (QED) is 0.541. The highest BCUT2D eigenvalue weighted by atomic mass is 16.6. The fourth-order valence-corrected chi connectivity index (χ4v) is 1.71. The van der Waals surface area contributed by atoms with Gasteiger partial charge in [0.15, 0.2) is 0 Å². The number of rotatable bonds is 1. The van der Waals surface area contributed by atoms with Crippen molar-refractivity contribution in [2.45, 2.75) is 18.6 Å². The molecule has 0 aromatic heterocycles. The summed E-state index contributed by atoms with van der Waals surface area (Å²) in [6.45, 7) is 0.406. The van der Waals surface area contributed by atoms with Crippen LogP contribution in [0.2, 0.25) is 0 Å². The molecule has 0 fully saturated rings. The molecular weight excluding hydrogens is 212 g/mol. The van der Waals surface area contributed by atoms with Crippen LogP contribution < -0.4 is 10.5 Å². The lowest BCUT2D eigenvalue weighted by atomic mass is 10.0. The van der Waals surface area contributed by atoms with Gasteiger partial charge in [-0.2, -0.15) is 0 Å². The second kappa shape index (κ2) is 4.07. The van der Waals surface area contributed by atoms with Gasteiger partial charge in [-0.25, -0.2) is 0 Å². The van der Waals surface area contributed by atoms with Crippen molar-refractivity contribution in [2.75, 3.05) is 6.61 Å². The van der Waals surface area contributed by atoms with Crippen LogP contribution in [0.1, 0.15) is 18.1 Å². The lowest BCUT2D eigenvalue weighted by Gasteiger charge is -2.15. The third-order valence-electron chi connectivity index (χ3n) is 2.64. The lowest BCUT2D eigenvalue weighted by molar-refractivity contribution is -0.385. The molecule has 86 valence electrons. The highest BCUT2D eigenvalue weighted by Crippen LogP contribution is 2.33. The standard InChI is InChI=1S/C10H12N2O4/c11-8-3-4-16-9-2-1-6(12(14)15)5-7(9)10(8)13/h1-2,5,8,10,13H,3-4,11H2. The summed E-state index contributed by atoms with van der Waals surface area (Å²) in [7, 11) is 0. The molecule has 6 heteroatoms. The van der Waals surface area contributed by atoms with Gasteiger partial charge in [-0.15, -0.1) is 0 Å². The average Bonchev–Trinajstić information content (AvgIpc) is 2.40. The molecule has 0 bridgehead atoms. The molecule has 1 aromatic carbocycles. The Morgan fingerprint density at radius 2 is 2.31 bits per heavy atom. The number of nitro benzene ring substituents is 1. The van der Waals surface area contributed by atoms with Crippen LogP contribution in [-0.2, 0) is 0 Å². The van der Waals surface area contributed by atoms with Gasteiger partial charge in [0, 0.05) is 23.7 Å². The Hall–Kier alpha value is -1.66.